The fraction of sp³-hybridized carbons (Fsp3) is 0.143. The summed E-state index contributed by atoms with van der Waals surface area (Å²) in [6.07, 6.45) is 1.30. The third-order valence-corrected chi connectivity index (χ3v) is 4.13. The lowest BCUT2D eigenvalue weighted by atomic mass is 10.2. The number of hydrogen-bond donors (Lipinski definition) is 1. The molecular formula is C14H12N4O3S. The summed E-state index contributed by atoms with van der Waals surface area (Å²) < 4.78 is 2.40. The molecule has 0 bridgehead atoms. The Bertz CT molecular complexity index is 897. The molecule has 0 aliphatic carbocycles. The van der Waals surface area contributed by atoms with Crippen LogP contribution < -0.4 is 5.32 Å². The summed E-state index contributed by atoms with van der Waals surface area (Å²) >= 11 is 1.37. The van der Waals surface area contributed by atoms with E-state index in [4.69, 9.17) is 0 Å². The maximum atomic E-state index is 12.2. The second-order valence-corrected chi connectivity index (χ2v) is 5.93. The Balaban J connectivity index is 1.88. The number of aryl methyl sites for hydroxylation is 2. The van der Waals surface area contributed by atoms with Crippen LogP contribution in [0.5, 0.6) is 0 Å². The van der Waals surface area contributed by atoms with E-state index in [1.54, 1.807) is 7.05 Å². The van der Waals surface area contributed by atoms with Gasteiger partial charge in [0.05, 0.1) is 21.3 Å². The Labute approximate surface area is 129 Å². The molecule has 2 aromatic heterocycles. The molecule has 2 heterocycles. The second-order valence-electron chi connectivity index (χ2n) is 4.90. The van der Waals surface area contributed by atoms with Crippen molar-refractivity contribution in [1.82, 2.24) is 9.55 Å². The van der Waals surface area contributed by atoms with Crippen LogP contribution in [0.4, 0.5) is 10.8 Å². The highest BCUT2D eigenvalue weighted by Gasteiger charge is 2.18. The zero-order valence-corrected chi connectivity index (χ0v) is 12.7. The van der Waals surface area contributed by atoms with Crippen LogP contribution in [0, 0.1) is 17.0 Å². The Morgan fingerprint density at radius 3 is 2.86 bits per heavy atom. The molecule has 1 aromatic carbocycles. The Morgan fingerprint density at radius 1 is 1.41 bits per heavy atom. The van der Waals surface area contributed by atoms with E-state index in [1.165, 1.54) is 28.2 Å². The number of carbonyl (C=O) groups excluding carboxylic acids is 1. The van der Waals surface area contributed by atoms with E-state index >= 15 is 0 Å². The van der Waals surface area contributed by atoms with Crippen molar-refractivity contribution in [2.24, 2.45) is 7.05 Å². The fourth-order valence-corrected chi connectivity index (χ4v) is 3.08. The Hall–Kier alpha value is -2.74. The van der Waals surface area contributed by atoms with E-state index in [-0.39, 0.29) is 11.4 Å². The number of benzene rings is 1. The van der Waals surface area contributed by atoms with Crippen molar-refractivity contribution < 1.29 is 9.72 Å². The fourth-order valence-electron chi connectivity index (χ4n) is 2.12. The van der Waals surface area contributed by atoms with Crippen molar-refractivity contribution in [3.63, 3.8) is 0 Å². The highest BCUT2D eigenvalue weighted by atomic mass is 32.1. The van der Waals surface area contributed by atoms with Gasteiger partial charge < -0.3 is 4.57 Å². The molecule has 0 unspecified atom stereocenters. The van der Waals surface area contributed by atoms with Crippen LogP contribution in [0.25, 0.3) is 10.2 Å². The van der Waals surface area contributed by atoms with E-state index in [0.717, 1.165) is 15.8 Å². The van der Waals surface area contributed by atoms with Gasteiger partial charge >= 0.3 is 0 Å². The smallest absolute Gasteiger partial charge is 0.287 e. The molecule has 0 atom stereocenters. The van der Waals surface area contributed by atoms with Crippen molar-refractivity contribution in [2.75, 3.05) is 5.32 Å². The molecule has 0 aliphatic heterocycles. The number of nitrogens with one attached hydrogen (secondary N) is 1. The number of rotatable bonds is 3. The van der Waals surface area contributed by atoms with Gasteiger partial charge in [0.15, 0.2) is 5.13 Å². The summed E-state index contributed by atoms with van der Waals surface area (Å²) in [6.45, 7) is 1.99. The maximum Gasteiger partial charge on any atom is 0.287 e. The quantitative estimate of drug-likeness (QED) is 0.594. The zero-order chi connectivity index (χ0) is 15.9. The minimum absolute atomic E-state index is 0.118. The van der Waals surface area contributed by atoms with Crippen molar-refractivity contribution in [3.05, 3.63) is 51.8 Å². The molecule has 3 aromatic rings. The standard InChI is InChI=1S/C14H12N4O3S/c1-8-3-4-10-12(5-8)22-14(15-10)16-13(19)11-6-9(18(20)21)7-17(11)2/h3-7H,1-2H3,(H,15,16,19). The molecule has 7 nitrogen and oxygen atoms in total. The van der Waals surface area contributed by atoms with Crippen LogP contribution in [0.15, 0.2) is 30.5 Å². The first-order valence-corrected chi connectivity index (χ1v) is 7.25. The Kier molecular flexibility index (Phi) is 3.38. The molecule has 1 N–H and O–H groups in total. The third-order valence-electron chi connectivity index (χ3n) is 3.20. The van der Waals surface area contributed by atoms with Gasteiger partial charge in [-0.05, 0) is 24.6 Å². The van der Waals surface area contributed by atoms with Gasteiger partial charge in [-0.25, -0.2) is 4.98 Å². The van der Waals surface area contributed by atoms with Crippen LogP contribution >= 0.6 is 11.3 Å². The molecule has 0 radical (unpaired) electrons. The van der Waals surface area contributed by atoms with Gasteiger partial charge in [0.2, 0.25) is 0 Å². The number of nitrogens with zero attached hydrogens (tertiary/aromatic N) is 3. The lowest BCUT2D eigenvalue weighted by Gasteiger charge is -2.01. The van der Waals surface area contributed by atoms with E-state index in [1.807, 2.05) is 25.1 Å². The number of hydrogen-bond acceptors (Lipinski definition) is 5. The SMILES string of the molecule is Cc1ccc2nc(NC(=O)c3cc([N+](=O)[O-])cn3C)sc2c1. The van der Waals surface area contributed by atoms with Gasteiger partial charge in [0.1, 0.15) is 5.69 Å². The van der Waals surface area contributed by atoms with E-state index in [0.29, 0.717) is 5.13 Å². The monoisotopic (exact) mass is 316 g/mol. The molecule has 3 rings (SSSR count). The third kappa shape index (κ3) is 2.56. The number of amides is 1. The molecular weight excluding hydrogens is 304 g/mol. The van der Waals surface area contributed by atoms with Crippen molar-refractivity contribution in [3.8, 4) is 0 Å². The van der Waals surface area contributed by atoms with Gasteiger partial charge in [-0.3, -0.25) is 20.2 Å². The lowest BCUT2D eigenvalue weighted by Crippen LogP contribution is -2.15. The largest absolute Gasteiger partial charge is 0.340 e. The highest BCUT2D eigenvalue weighted by Crippen LogP contribution is 2.27. The van der Waals surface area contributed by atoms with Crippen molar-refractivity contribution in [1.29, 1.82) is 0 Å². The van der Waals surface area contributed by atoms with Crippen molar-refractivity contribution >= 4 is 38.3 Å². The first-order valence-electron chi connectivity index (χ1n) is 6.43. The lowest BCUT2D eigenvalue weighted by molar-refractivity contribution is -0.384. The number of aromatic nitrogens is 2. The summed E-state index contributed by atoms with van der Waals surface area (Å²) in [5.74, 6) is -0.425. The molecule has 0 saturated carbocycles. The normalized spacial score (nSPS) is 10.8. The number of thiazole rings is 1. The van der Waals surface area contributed by atoms with Crippen LogP contribution in [0.1, 0.15) is 16.1 Å². The molecule has 8 heteroatoms. The average Bonchev–Trinajstić information content (AvgIpc) is 3.01. The van der Waals surface area contributed by atoms with E-state index in [2.05, 4.69) is 10.3 Å². The summed E-state index contributed by atoms with van der Waals surface area (Å²) in [7, 11) is 1.59. The number of carbonyl (C=O) groups is 1. The first kappa shape index (κ1) is 14.2. The average molecular weight is 316 g/mol. The number of nitro groups is 1. The summed E-state index contributed by atoms with van der Waals surface area (Å²) in [5.41, 5.74) is 2.02. The van der Waals surface area contributed by atoms with Crippen LogP contribution in [-0.4, -0.2) is 20.4 Å². The Morgan fingerprint density at radius 2 is 2.18 bits per heavy atom. The van der Waals surface area contributed by atoms with Gasteiger partial charge in [0, 0.05) is 13.1 Å². The second kappa shape index (κ2) is 5.23. The minimum atomic E-state index is -0.531. The topological polar surface area (TPSA) is 90.1 Å². The molecule has 0 spiro atoms. The molecule has 112 valence electrons. The maximum absolute atomic E-state index is 12.2. The predicted octanol–water partition coefficient (Wildman–Crippen LogP) is 3.10. The van der Waals surface area contributed by atoms with Gasteiger partial charge in [-0.15, -0.1) is 0 Å². The van der Waals surface area contributed by atoms with Crippen LogP contribution in [0.2, 0.25) is 0 Å². The molecule has 0 fully saturated rings. The minimum Gasteiger partial charge on any atom is -0.340 e. The first-order chi connectivity index (χ1) is 10.4. The summed E-state index contributed by atoms with van der Waals surface area (Å²) in [6, 6.07) is 7.08. The van der Waals surface area contributed by atoms with E-state index in [9.17, 15) is 14.9 Å². The predicted molar refractivity (Wildman–Crippen MR) is 84.4 cm³/mol. The highest BCUT2D eigenvalue weighted by molar-refractivity contribution is 7.22. The number of fused-ring (bicyclic) bond motifs is 1. The van der Waals surface area contributed by atoms with Gasteiger partial charge in [-0.2, -0.15) is 0 Å². The van der Waals surface area contributed by atoms with Crippen LogP contribution in [-0.2, 0) is 7.05 Å². The summed E-state index contributed by atoms with van der Waals surface area (Å²) in [5, 5.41) is 13.9. The zero-order valence-electron chi connectivity index (χ0n) is 11.9. The van der Waals surface area contributed by atoms with Gasteiger partial charge in [-0.1, -0.05) is 17.4 Å². The molecule has 1 amide bonds. The number of anilines is 1. The van der Waals surface area contributed by atoms with Gasteiger partial charge in [0.25, 0.3) is 11.6 Å². The molecule has 22 heavy (non-hydrogen) atoms. The van der Waals surface area contributed by atoms with E-state index < -0.39 is 10.8 Å². The van der Waals surface area contributed by atoms with Crippen molar-refractivity contribution in [2.45, 2.75) is 6.92 Å². The summed E-state index contributed by atoms with van der Waals surface area (Å²) in [4.78, 5) is 26.8. The van der Waals surface area contributed by atoms with Crippen LogP contribution in [0.3, 0.4) is 0 Å². The molecule has 0 aliphatic rings. The molecule has 0 saturated heterocycles.